The Hall–Kier alpha value is -0.000519. The third kappa shape index (κ3) is 0.734. The molecule has 0 unspecified atom stereocenters. The molecule has 0 aromatic heterocycles. The monoisotopic (exact) mass is 120 g/mol. The van der Waals surface area contributed by atoms with Gasteiger partial charge in [0, 0.05) is 0 Å². The Morgan fingerprint density at radius 2 is 2.50 bits per heavy atom. The van der Waals surface area contributed by atoms with Crippen molar-refractivity contribution in [1.29, 1.82) is 0 Å². The van der Waals surface area contributed by atoms with E-state index in [0.29, 0.717) is 0 Å². The van der Waals surface area contributed by atoms with Crippen molar-refractivity contribution in [3.05, 3.63) is 22.7 Å². The summed E-state index contributed by atoms with van der Waals surface area (Å²) in [4.78, 5) is 0. The number of rotatable bonds is 0. The molecule has 32 valence electrons. The zero-order chi connectivity index (χ0) is 4.41. The topological polar surface area (TPSA) is 0 Å². The second kappa shape index (κ2) is 1.63. The van der Waals surface area contributed by atoms with Crippen molar-refractivity contribution < 1.29 is 16.0 Å². The zero-order valence-electron chi connectivity index (χ0n) is 3.32. The second-order valence-corrected chi connectivity index (χ2v) is 2.00. The maximum atomic E-state index is 3.34. The van der Waals surface area contributed by atoms with Gasteiger partial charge >= 0.3 is 45.1 Å². The van der Waals surface area contributed by atoms with Crippen LogP contribution >= 0.6 is 0 Å². The van der Waals surface area contributed by atoms with E-state index in [9.17, 15) is 0 Å². The molecule has 0 fully saturated rings. The van der Waals surface area contributed by atoms with Crippen LogP contribution in [0.5, 0.6) is 0 Å². The van der Waals surface area contributed by atoms with E-state index >= 15 is 0 Å². The minimum atomic E-state index is 1.08. The van der Waals surface area contributed by atoms with E-state index in [1.807, 2.05) is 6.08 Å². The van der Waals surface area contributed by atoms with Crippen LogP contribution in [0, 0.1) is 0 Å². The zero-order valence-corrected chi connectivity index (χ0v) is 4.50. The molecule has 0 aliphatic heterocycles. The molecule has 0 radical (unpaired) electrons. The van der Waals surface area contributed by atoms with Gasteiger partial charge in [-0.05, 0) is 0 Å². The molecular weight excluding hydrogens is 115 g/mol. The molecule has 6 heavy (non-hydrogen) atoms. The van der Waals surface area contributed by atoms with Crippen molar-refractivity contribution in [3.63, 3.8) is 0 Å². The van der Waals surface area contributed by atoms with Crippen LogP contribution in [0.4, 0.5) is 0 Å². The van der Waals surface area contributed by atoms with E-state index in [2.05, 4.69) is 28.2 Å². The van der Waals surface area contributed by atoms with Crippen molar-refractivity contribution in [2.75, 3.05) is 0 Å². The summed E-state index contributed by atoms with van der Waals surface area (Å²) in [6.45, 7) is 0. The van der Waals surface area contributed by atoms with Crippen LogP contribution in [0.15, 0.2) is 22.7 Å². The van der Waals surface area contributed by atoms with Gasteiger partial charge in [0.2, 0.25) is 0 Å². The number of allylic oxidation sites excluding steroid dienone is 4. The van der Waals surface area contributed by atoms with Gasteiger partial charge in [-0.3, -0.25) is 0 Å². The maximum absolute atomic E-state index is 3.34. The molecule has 0 nitrogen and oxygen atoms in total. The van der Waals surface area contributed by atoms with E-state index in [4.69, 9.17) is 0 Å². The SMILES string of the molecule is [Mn][C]1=CC=CC1. The molecule has 1 aliphatic rings. The minimum absolute atomic E-state index is 1.08. The summed E-state index contributed by atoms with van der Waals surface area (Å²) in [7, 11) is 0. The Balaban J connectivity index is 2.61. The fraction of sp³-hybridized carbons (Fsp3) is 0.200. The summed E-state index contributed by atoms with van der Waals surface area (Å²) in [6, 6.07) is 0. The number of hydrogen-bond donors (Lipinski definition) is 0. The van der Waals surface area contributed by atoms with E-state index in [1.165, 1.54) is 4.47 Å². The molecule has 0 heterocycles. The average Bonchev–Trinajstić information content (AvgIpc) is 1.86. The van der Waals surface area contributed by atoms with Gasteiger partial charge in [-0.15, -0.1) is 0 Å². The van der Waals surface area contributed by atoms with Gasteiger partial charge in [0.05, 0.1) is 0 Å². The van der Waals surface area contributed by atoms with Crippen LogP contribution in [0.2, 0.25) is 0 Å². The molecule has 0 N–H and O–H groups in total. The van der Waals surface area contributed by atoms with E-state index in [-0.39, 0.29) is 0 Å². The van der Waals surface area contributed by atoms with Gasteiger partial charge in [-0.25, -0.2) is 0 Å². The summed E-state index contributed by atoms with van der Waals surface area (Å²) in [6.07, 6.45) is 7.30. The van der Waals surface area contributed by atoms with Gasteiger partial charge in [0.15, 0.2) is 0 Å². The first-order valence-electron chi connectivity index (χ1n) is 1.91. The molecule has 0 saturated carbocycles. The molecule has 0 saturated heterocycles. The molecule has 0 aromatic rings. The first-order valence-corrected chi connectivity index (χ1v) is 2.50. The predicted octanol–water partition coefficient (Wildman–Crippen LogP) is 1.38. The van der Waals surface area contributed by atoms with Gasteiger partial charge < -0.3 is 0 Å². The Morgan fingerprint density at radius 1 is 1.67 bits per heavy atom. The van der Waals surface area contributed by atoms with Gasteiger partial charge in [0.25, 0.3) is 0 Å². The Morgan fingerprint density at radius 3 is 2.67 bits per heavy atom. The molecule has 0 amide bonds. The molecule has 0 spiro atoms. The fourth-order valence-electron chi connectivity index (χ4n) is 0.421. The Bertz CT molecular complexity index is 101. The van der Waals surface area contributed by atoms with E-state index < -0.39 is 0 Å². The Labute approximate surface area is 45.7 Å². The average molecular weight is 120 g/mol. The molecule has 0 atom stereocenters. The van der Waals surface area contributed by atoms with Crippen molar-refractivity contribution in [1.82, 2.24) is 0 Å². The van der Waals surface area contributed by atoms with Gasteiger partial charge in [0.1, 0.15) is 0 Å². The summed E-state index contributed by atoms with van der Waals surface area (Å²) >= 11 is 3.34. The van der Waals surface area contributed by atoms with Crippen molar-refractivity contribution >= 4 is 0 Å². The molecular formula is C5H5Mn. The van der Waals surface area contributed by atoms with E-state index in [1.54, 1.807) is 0 Å². The normalized spacial score (nSPS) is 18.5. The fourth-order valence-corrected chi connectivity index (χ4v) is 0.674. The third-order valence-corrected chi connectivity index (χ3v) is 1.16. The standard InChI is InChI=1S/C5H5.Mn/c1-2-4-5-3-1;/h1-3H,4H2;. The Kier molecular flexibility index (Phi) is 1.13. The summed E-state index contributed by atoms with van der Waals surface area (Å²) in [5, 5.41) is 0. The first kappa shape index (κ1) is 4.17. The van der Waals surface area contributed by atoms with Crippen molar-refractivity contribution in [2.45, 2.75) is 6.42 Å². The van der Waals surface area contributed by atoms with E-state index in [0.717, 1.165) is 6.42 Å². The van der Waals surface area contributed by atoms with Crippen LogP contribution in [0.1, 0.15) is 6.42 Å². The van der Waals surface area contributed by atoms with Gasteiger partial charge in [-0.2, -0.15) is 0 Å². The van der Waals surface area contributed by atoms with Crippen LogP contribution in [0.25, 0.3) is 0 Å². The molecule has 1 rings (SSSR count). The summed E-state index contributed by atoms with van der Waals surface area (Å²) in [5.41, 5.74) is 0. The molecule has 1 aliphatic carbocycles. The van der Waals surface area contributed by atoms with Crippen LogP contribution in [-0.2, 0) is 16.0 Å². The van der Waals surface area contributed by atoms with Crippen LogP contribution < -0.4 is 0 Å². The third-order valence-electron chi connectivity index (χ3n) is 0.726. The van der Waals surface area contributed by atoms with Crippen LogP contribution in [0.3, 0.4) is 0 Å². The molecule has 0 aromatic carbocycles. The second-order valence-electron chi connectivity index (χ2n) is 1.25. The quantitative estimate of drug-likeness (QED) is 0.423. The van der Waals surface area contributed by atoms with Gasteiger partial charge in [-0.1, -0.05) is 0 Å². The van der Waals surface area contributed by atoms with Crippen molar-refractivity contribution in [3.8, 4) is 0 Å². The molecule has 0 bridgehead atoms. The predicted molar refractivity (Wildman–Crippen MR) is 21.8 cm³/mol. The van der Waals surface area contributed by atoms with Crippen LogP contribution in [-0.4, -0.2) is 0 Å². The summed E-state index contributed by atoms with van der Waals surface area (Å²) in [5.74, 6) is 0. The molecule has 1 heteroatoms. The number of hydrogen-bond acceptors (Lipinski definition) is 0. The summed E-state index contributed by atoms with van der Waals surface area (Å²) < 4.78 is 1.28. The van der Waals surface area contributed by atoms with Crippen molar-refractivity contribution in [2.24, 2.45) is 0 Å². The first-order chi connectivity index (χ1) is 2.89.